The zero-order valence-corrected chi connectivity index (χ0v) is 18.1. The number of rotatable bonds is 15. The lowest BCUT2D eigenvalue weighted by molar-refractivity contribution is -0.137. The number of hydrogen-bond donors (Lipinski definition) is 1. The second-order valence-corrected chi connectivity index (χ2v) is 10.4. The van der Waals surface area contributed by atoms with E-state index in [9.17, 15) is 9.00 Å². The highest BCUT2D eigenvalue weighted by Crippen LogP contribution is 2.53. The first-order valence-corrected chi connectivity index (χ1v) is 12.8. The molecule has 0 heterocycles. The van der Waals surface area contributed by atoms with Gasteiger partial charge in [0.15, 0.2) is 0 Å². The summed E-state index contributed by atoms with van der Waals surface area (Å²) in [5, 5.41) is 8.70. The third kappa shape index (κ3) is 8.09. The highest BCUT2D eigenvalue weighted by molar-refractivity contribution is 7.84. The fourth-order valence-corrected chi connectivity index (χ4v) is 6.88. The minimum atomic E-state index is -0.704. The van der Waals surface area contributed by atoms with Crippen LogP contribution in [0, 0.1) is 23.7 Å². The average Bonchev–Trinajstić information content (AvgIpc) is 3.23. The van der Waals surface area contributed by atoms with Crippen LogP contribution in [0.1, 0.15) is 90.4 Å². The van der Waals surface area contributed by atoms with Gasteiger partial charge in [-0.25, -0.2) is 0 Å². The molecule has 5 atom stereocenters. The number of carboxylic acids is 1. The second-order valence-electron chi connectivity index (χ2n) is 8.73. The molecule has 2 bridgehead atoms. The average molecular weight is 397 g/mol. The van der Waals surface area contributed by atoms with E-state index in [1.165, 1.54) is 51.4 Å². The Morgan fingerprint density at radius 1 is 1.00 bits per heavy atom. The molecule has 2 aliphatic rings. The third-order valence-electron chi connectivity index (χ3n) is 6.71. The molecule has 2 rings (SSSR count). The van der Waals surface area contributed by atoms with Gasteiger partial charge in [0, 0.05) is 28.7 Å². The summed E-state index contributed by atoms with van der Waals surface area (Å²) >= 11 is 0. The van der Waals surface area contributed by atoms with E-state index < -0.39 is 16.8 Å². The first-order valence-electron chi connectivity index (χ1n) is 11.3. The number of hydrogen-bond acceptors (Lipinski definition) is 2. The summed E-state index contributed by atoms with van der Waals surface area (Å²) in [6.45, 7) is 2.24. The molecule has 0 aromatic carbocycles. The molecule has 2 fully saturated rings. The van der Waals surface area contributed by atoms with Gasteiger partial charge in [-0.3, -0.25) is 9.00 Å². The summed E-state index contributed by atoms with van der Waals surface area (Å²) in [5.41, 5.74) is 0. The predicted octanol–water partition coefficient (Wildman–Crippen LogP) is 5.96. The minimum Gasteiger partial charge on any atom is -0.481 e. The molecule has 2 aliphatic carbocycles. The van der Waals surface area contributed by atoms with Crippen molar-refractivity contribution in [2.24, 2.45) is 23.7 Å². The maximum Gasteiger partial charge on any atom is 0.303 e. The van der Waals surface area contributed by atoms with E-state index in [0.29, 0.717) is 11.8 Å². The fourth-order valence-electron chi connectivity index (χ4n) is 5.24. The van der Waals surface area contributed by atoms with Gasteiger partial charge in [0.2, 0.25) is 0 Å². The van der Waals surface area contributed by atoms with Gasteiger partial charge in [0.25, 0.3) is 0 Å². The van der Waals surface area contributed by atoms with Crippen LogP contribution in [0.4, 0.5) is 0 Å². The number of carbonyl (C=O) groups is 1. The van der Waals surface area contributed by atoms with Crippen LogP contribution in [0.5, 0.6) is 0 Å². The summed E-state index contributed by atoms with van der Waals surface area (Å²) < 4.78 is 12.6. The smallest absolute Gasteiger partial charge is 0.303 e. The van der Waals surface area contributed by atoms with Crippen LogP contribution in [-0.2, 0) is 15.6 Å². The summed E-state index contributed by atoms with van der Waals surface area (Å²) in [5.74, 6) is 4.15. The molecule has 0 saturated heterocycles. The normalized spacial score (nSPS) is 28.2. The number of aliphatic carboxylic acids is 1. The van der Waals surface area contributed by atoms with Crippen LogP contribution >= 0.6 is 0 Å². The van der Waals surface area contributed by atoms with Crippen molar-refractivity contribution in [2.75, 3.05) is 11.5 Å². The van der Waals surface area contributed by atoms with E-state index in [-0.39, 0.29) is 6.42 Å². The molecule has 1 N–H and O–H groups in total. The van der Waals surface area contributed by atoms with E-state index in [1.54, 1.807) is 0 Å². The summed E-state index contributed by atoms with van der Waals surface area (Å²) in [4.78, 5) is 10.6. The van der Waals surface area contributed by atoms with Crippen LogP contribution in [0.25, 0.3) is 0 Å². The minimum absolute atomic E-state index is 0.262. The zero-order chi connectivity index (χ0) is 19.5. The number of allylic oxidation sites excluding steroid dienone is 2. The van der Waals surface area contributed by atoms with Gasteiger partial charge in [-0.15, -0.1) is 0 Å². The van der Waals surface area contributed by atoms with Crippen molar-refractivity contribution in [3.05, 3.63) is 12.2 Å². The SMILES string of the molecule is CCCCCCCCS(=O)C[C@@H]1[C@@H]2CC[C@@H](C2)[C@@H]1C/C=C\CCCC(=O)O. The Morgan fingerprint density at radius 3 is 2.44 bits per heavy atom. The van der Waals surface area contributed by atoms with Gasteiger partial charge in [-0.1, -0.05) is 51.2 Å². The van der Waals surface area contributed by atoms with E-state index in [0.717, 1.165) is 49.0 Å². The van der Waals surface area contributed by atoms with E-state index in [4.69, 9.17) is 5.11 Å². The van der Waals surface area contributed by atoms with Gasteiger partial charge < -0.3 is 5.11 Å². The highest BCUT2D eigenvalue weighted by atomic mass is 32.2. The molecule has 0 amide bonds. The van der Waals surface area contributed by atoms with Crippen molar-refractivity contribution in [1.29, 1.82) is 0 Å². The lowest BCUT2D eigenvalue weighted by atomic mass is 9.78. The highest BCUT2D eigenvalue weighted by Gasteiger charge is 2.46. The van der Waals surface area contributed by atoms with E-state index >= 15 is 0 Å². The van der Waals surface area contributed by atoms with Gasteiger partial charge in [0.05, 0.1) is 0 Å². The Kier molecular flexibility index (Phi) is 10.7. The largest absolute Gasteiger partial charge is 0.481 e. The lowest BCUT2D eigenvalue weighted by Gasteiger charge is -2.30. The standard InChI is InChI=1S/C23H40O3S/c1-2-3-4-5-8-11-16-27(26)18-22-20-15-14-19(17-20)21(22)12-9-6-7-10-13-23(24)25/h6,9,19-22H,2-5,7-8,10-18H2,1H3,(H,24,25)/b9-6-/t19-,20+,21-,22+,27?/m0/s1. The molecule has 0 radical (unpaired) electrons. The first-order chi connectivity index (χ1) is 13.1. The molecule has 156 valence electrons. The lowest BCUT2D eigenvalue weighted by Crippen LogP contribution is -2.27. The Morgan fingerprint density at radius 2 is 1.70 bits per heavy atom. The molecule has 0 aliphatic heterocycles. The van der Waals surface area contributed by atoms with Crippen molar-refractivity contribution in [2.45, 2.75) is 90.4 Å². The van der Waals surface area contributed by atoms with Crippen LogP contribution < -0.4 is 0 Å². The number of fused-ring (bicyclic) bond motifs is 2. The first kappa shape index (κ1) is 22.6. The summed E-state index contributed by atoms with van der Waals surface area (Å²) in [6.07, 6.45) is 19.1. The monoisotopic (exact) mass is 396 g/mol. The van der Waals surface area contributed by atoms with Crippen molar-refractivity contribution >= 4 is 16.8 Å². The molecular formula is C23H40O3S. The maximum atomic E-state index is 12.6. The van der Waals surface area contributed by atoms with Crippen LogP contribution in [-0.4, -0.2) is 26.8 Å². The van der Waals surface area contributed by atoms with Crippen LogP contribution in [0.2, 0.25) is 0 Å². The van der Waals surface area contributed by atoms with Gasteiger partial charge in [-0.2, -0.15) is 0 Å². The van der Waals surface area contributed by atoms with Gasteiger partial charge in [-0.05, 0) is 68.6 Å². The second kappa shape index (κ2) is 12.7. The Labute approximate surface area is 168 Å². The molecule has 0 aromatic heterocycles. The van der Waals surface area contributed by atoms with Gasteiger partial charge >= 0.3 is 5.97 Å². The molecule has 2 saturated carbocycles. The predicted molar refractivity (Wildman–Crippen MR) is 114 cm³/mol. The van der Waals surface area contributed by atoms with Crippen LogP contribution in [0.15, 0.2) is 12.2 Å². The topological polar surface area (TPSA) is 54.4 Å². The molecule has 27 heavy (non-hydrogen) atoms. The Hall–Kier alpha value is -0.640. The molecule has 3 nitrogen and oxygen atoms in total. The number of carboxylic acid groups (broad SMARTS) is 1. The van der Waals surface area contributed by atoms with Crippen molar-refractivity contribution in [3.63, 3.8) is 0 Å². The van der Waals surface area contributed by atoms with E-state index in [1.807, 2.05) is 0 Å². The quantitative estimate of drug-likeness (QED) is 0.274. The Bertz CT molecular complexity index is 488. The molecule has 0 aromatic rings. The van der Waals surface area contributed by atoms with E-state index in [2.05, 4.69) is 19.1 Å². The van der Waals surface area contributed by atoms with Gasteiger partial charge in [0.1, 0.15) is 0 Å². The molecule has 1 unspecified atom stereocenters. The van der Waals surface area contributed by atoms with Crippen molar-refractivity contribution in [1.82, 2.24) is 0 Å². The maximum absolute atomic E-state index is 12.6. The summed E-state index contributed by atoms with van der Waals surface area (Å²) in [6, 6.07) is 0. The third-order valence-corrected chi connectivity index (χ3v) is 8.22. The Balaban J connectivity index is 1.68. The van der Waals surface area contributed by atoms with Crippen LogP contribution in [0.3, 0.4) is 0 Å². The fraction of sp³-hybridized carbons (Fsp3) is 0.870. The summed E-state index contributed by atoms with van der Waals surface area (Å²) in [7, 11) is -0.645. The molecular weight excluding hydrogens is 356 g/mol. The zero-order valence-electron chi connectivity index (χ0n) is 17.2. The molecule has 0 spiro atoms. The van der Waals surface area contributed by atoms with Crippen molar-refractivity contribution in [3.8, 4) is 0 Å². The molecule has 4 heteroatoms. The van der Waals surface area contributed by atoms with Crippen molar-refractivity contribution < 1.29 is 14.1 Å². The number of unbranched alkanes of at least 4 members (excludes halogenated alkanes) is 6.